The predicted octanol–water partition coefficient (Wildman–Crippen LogP) is 4.18. The van der Waals surface area contributed by atoms with Crippen LogP contribution in [0, 0.1) is 6.92 Å². The second-order valence-corrected chi connectivity index (χ2v) is 10.1. The van der Waals surface area contributed by atoms with Crippen molar-refractivity contribution in [1.82, 2.24) is 15.2 Å². The van der Waals surface area contributed by atoms with E-state index in [-0.39, 0.29) is 0 Å². The summed E-state index contributed by atoms with van der Waals surface area (Å²) in [6.07, 6.45) is 5.38. The molecule has 0 aromatic carbocycles. The summed E-state index contributed by atoms with van der Waals surface area (Å²) in [5, 5.41) is 9.79. The average Bonchev–Trinajstić information content (AvgIpc) is 3.12. The molecule has 0 saturated heterocycles. The zero-order valence-electron chi connectivity index (χ0n) is 16.4. The molecule has 0 bridgehead atoms. The molecule has 1 unspecified atom stereocenters. The van der Waals surface area contributed by atoms with Crippen LogP contribution in [0.2, 0.25) is 0 Å². The molecule has 154 valence electrons. The number of ether oxygens (including phenoxy) is 3. The minimum Gasteiger partial charge on any atom is -0.382 e. The molecule has 1 aliphatic carbocycles. The Morgan fingerprint density at radius 3 is 2.75 bits per heavy atom. The third-order valence-electron chi connectivity index (χ3n) is 4.28. The molecule has 0 fully saturated rings. The molecular formula is C19H27N3O3S3. The van der Waals surface area contributed by atoms with Crippen LogP contribution < -0.4 is 0 Å². The maximum Gasteiger partial charge on any atom is 0.174 e. The fourth-order valence-electron chi connectivity index (χ4n) is 2.99. The first kappa shape index (κ1) is 22.0. The van der Waals surface area contributed by atoms with E-state index >= 15 is 0 Å². The SMILES string of the molecule is COCCOCCOCCSc1ccnc2c1CCCC2Sc1nnc(C)s1. The van der Waals surface area contributed by atoms with Gasteiger partial charge >= 0.3 is 0 Å². The Balaban J connectivity index is 1.47. The Morgan fingerprint density at radius 2 is 1.96 bits per heavy atom. The molecule has 9 heteroatoms. The Kier molecular flexibility index (Phi) is 9.49. The van der Waals surface area contributed by atoms with E-state index in [1.54, 1.807) is 30.2 Å². The summed E-state index contributed by atoms with van der Waals surface area (Å²) in [7, 11) is 1.67. The highest BCUT2D eigenvalue weighted by Gasteiger charge is 2.25. The van der Waals surface area contributed by atoms with E-state index in [0.717, 1.165) is 34.5 Å². The van der Waals surface area contributed by atoms with Crippen molar-refractivity contribution in [1.29, 1.82) is 0 Å². The first-order valence-corrected chi connectivity index (χ1v) is 12.2. The van der Waals surface area contributed by atoms with Crippen molar-refractivity contribution in [2.24, 2.45) is 0 Å². The second-order valence-electron chi connectivity index (χ2n) is 6.32. The topological polar surface area (TPSA) is 66.4 Å². The number of aryl methyl sites for hydroxylation is 1. The van der Waals surface area contributed by atoms with Gasteiger partial charge in [0.2, 0.25) is 0 Å². The van der Waals surface area contributed by atoms with Gasteiger partial charge in [-0.25, -0.2) is 0 Å². The zero-order chi connectivity index (χ0) is 19.6. The number of thioether (sulfide) groups is 2. The standard InChI is InChI=1S/C19H27N3O3S3/c1-14-21-22-19(27-14)28-17-5-3-4-15-16(6-7-20-18(15)17)26-13-12-25-11-10-24-9-8-23-2/h6-7,17H,3-5,8-13H2,1-2H3. The van der Waals surface area contributed by atoms with Gasteiger partial charge in [0.05, 0.1) is 44.0 Å². The van der Waals surface area contributed by atoms with Crippen LogP contribution in [0.25, 0.3) is 0 Å². The molecule has 0 radical (unpaired) electrons. The normalized spacial score (nSPS) is 16.3. The number of nitrogens with zero attached hydrogens (tertiary/aromatic N) is 3. The van der Waals surface area contributed by atoms with Crippen molar-refractivity contribution in [2.75, 3.05) is 45.9 Å². The molecule has 3 rings (SSSR count). The summed E-state index contributed by atoms with van der Waals surface area (Å²) in [4.78, 5) is 6.06. The molecule has 2 aromatic rings. The fourth-order valence-corrected chi connectivity index (χ4v) is 6.20. The monoisotopic (exact) mass is 441 g/mol. The smallest absolute Gasteiger partial charge is 0.174 e. The average molecular weight is 442 g/mol. The third-order valence-corrected chi connectivity index (χ3v) is 7.55. The van der Waals surface area contributed by atoms with Crippen LogP contribution in [-0.4, -0.2) is 61.1 Å². The zero-order valence-corrected chi connectivity index (χ0v) is 18.8. The summed E-state index contributed by atoms with van der Waals surface area (Å²) >= 11 is 5.33. The van der Waals surface area contributed by atoms with Gasteiger partial charge in [0.15, 0.2) is 4.34 Å². The van der Waals surface area contributed by atoms with E-state index in [2.05, 4.69) is 16.3 Å². The molecule has 0 N–H and O–H groups in total. The Morgan fingerprint density at radius 1 is 1.14 bits per heavy atom. The van der Waals surface area contributed by atoms with Gasteiger partial charge in [-0.15, -0.1) is 22.0 Å². The third kappa shape index (κ3) is 6.67. The summed E-state index contributed by atoms with van der Waals surface area (Å²) in [6.45, 7) is 5.20. The van der Waals surface area contributed by atoms with E-state index in [1.165, 1.54) is 22.6 Å². The molecule has 2 aromatic heterocycles. The van der Waals surface area contributed by atoms with Gasteiger partial charge in [-0.2, -0.15) is 0 Å². The van der Waals surface area contributed by atoms with Crippen LogP contribution in [-0.2, 0) is 20.6 Å². The molecule has 0 saturated carbocycles. The fraction of sp³-hybridized carbons (Fsp3) is 0.632. The molecule has 0 amide bonds. The minimum absolute atomic E-state index is 0.372. The van der Waals surface area contributed by atoms with Gasteiger partial charge in [0.25, 0.3) is 0 Å². The highest BCUT2D eigenvalue weighted by molar-refractivity contribution is 8.01. The molecule has 1 aliphatic rings. The van der Waals surface area contributed by atoms with Crippen LogP contribution >= 0.6 is 34.9 Å². The van der Waals surface area contributed by atoms with Crippen molar-refractivity contribution in [2.45, 2.75) is 40.7 Å². The Bertz CT molecular complexity index is 729. The highest BCUT2D eigenvalue weighted by Crippen LogP contribution is 2.45. The summed E-state index contributed by atoms with van der Waals surface area (Å²) < 4.78 is 17.0. The lowest BCUT2D eigenvalue weighted by Crippen LogP contribution is -2.11. The van der Waals surface area contributed by atoms with Gasteiger partial charge < -0.3 is 14.2 Å². The maximum atomic E-state index is 5.66. The number of rotatable bonds is 12. The van der Waals surface area contributed by atoms with Gasteiger partial charge in [-0.3, -0.25) is 4.98 Å². The van der Waals surface area contributed by atoms with E-state index in [9.17, 15) is 0 Å². The lowest BCUT2D eigenvalue weighted by atomic mass is 9.96. The van der Waals surface area contributed by atoms with E-state index in [4.69, 9.17) is 19.2 Å². The maximum absolute atomic E-state index is 5.66. The first-order chi connectivity index (χ1) is 13.8. The van der Waals surface area contributed by atoms with Gasteiger partial charge in [0, 0.05) is 24.0 Å². The molecule has 2 heterocycles. The van der Waals surface area contributed by atoms with E-state index in [0.29, 0.717) is 31.7 Å². The molecule has 6 nitrogen and oxygen atoms in total. The van der Waals surface area contributed by atoms with Gasteiger partial charge in [-0.1, -0.05) is 23.1 Å². The molecular weight excluding hydrogens is 414 g/mol. The minimum atomic E-state index is 0.372. The van der Waals surface area contributed by atoms with Crippen LogP contribution in [0.3, 0.4) is 0 Å². The van der Waals surface area contributed by atoms with Gasteiger partial charge in [0.1, 0.15) is 5.01 Å². The van der Waals surface area contributed by atoms with Crippen LogP contribution in [0.5, 0.6) is 0 Å². The Hall–Kier alpha value is -0.710. The van der Waals surface area contributed by atoms with Crippen LogP contribution in [0.1, 0.15) is 34.4 Å². The quantitative estimate of drug-likeness (QED) is 0.359. The van der Waals surface area contributed by atoms with Gasteiger partial charge in [-0.05, 0) is 37.8 Å². The molecule has 0 spiro atoms. The Labute approximate surface area is 179 Å². The number of fused-ring (bicyclic) bond motifs is 1. The molecule has 1 atom stereocenters. The number of hydrogen-bond acceptors (Lipinski definition) is 9. The number of hydrogen-bond donors (Lipinski definition) is 0. The van der Waals surface area contributed by atoms with Crippen LogP contribution in [0.4, 0.5) is 0 Å². The number of aromatic nitrogens is 3. The lowest BCUT2D eigenvalue weighted by Gasteiger charge is -2.24. The second kappa shape index (κ2) is 12.1. The largest absolute Gasteiger partial charge is 0.382 e. The summed E-state index contributed by atoms with van der Waals surface area (Å²) in [5.41, 5.74) is 2.63. The predicted molar refractivity (Wildman–Crippen MR) is 115 cm³/mol. The van der Waals surface area contributed by atoms with E-state index in [1.807, 2.05) is 24.9 Å². The highest BCUT2D eigenvalue weighted by atomic mass is 32.2. The number of pyridine rings is 1. The van der Waals surface area contributed by atoms with Crippen molar-refractivity contribution in [3.63, 3.8) is 0 Å². The van der Waals surface area contributed by atoms with E-state index < -0.39 is 0 Å². The van der Waals surface area contributed by atoms with Crippen molar-refractivity contribution in [3.05, 3.63) is 28.5 Å². The van der Waals surface area contributed by atoms with Crippen molar-refractivity contribution < 1.29 is 14.2 Å². The lowest BCUT2D eigenvalue weighted by molar-refractivity contribution is 0.0286. The summed E-state index contributed by atoms with van der Waals surface area (Å²) in [5.74, 6) is 0.932. The number of methoxy groups -OCH3 is 1. The molecule has 0 aliphatic heterocycles. The summed E-state index contributed by atoms with van der Waals surface area (Å²) in [6, 6.07) is 2.14. The van der Waals surface area contributed by atoms with Crippen LogP contribution in [0.15, 0.2) is 21.5 Å². The van der Waals surface area contributed by atoms with Crippen molar-refractivity contribution in [3.8, 4) is 0 Å². The molecule has 28 heavy (non-hydrogen) atoms. The van der Waals surface area contributed by atoms with Crippen molar-refractivity contribution >= 4 is 34.9 Å². The first-order valence-electron chi connectivity index (χ1n) is 9.49.